The maximum Gasteiger partial charge on any atom is 0.325 e. The van der Waals surface area contributed by atoms with Crippen molar-refractivity contribution < 1.29 is 9.59 Å². The number of likely N-dealkylation sites (N-methyl/N-ethyl adjacent to an activating group) is 1. The second-order valence-electron chi connectivity index (χ2n) is 6.48. The molecule has 0 heterocycles. The van der Waals surface area contributed by atoms with Gasteiger partial charge in [0, 0.05) is 17.3 Å². The van der Waals surface area contributed by atoms with Crippen LogP contribution in [0.4, 0.5) is 10.5 Å². The molecule has 2 rings (SSSR count). The number of nitrogens with one attached hydrogen (secondary N) is 2. The van der Waals surface area contributed by atoms with E-state index < -0.39 is 12.1 Å². The van der Waals surface area contributed by atoms with Crippen LogP contribution in [0.2, 0.25) is 5.02 Å². The first-order valence-corrected chi connectivity index (χ1v) is 8.78. The molecule has 26 heavy (non-hydrogen) atoms. The number of rotatable bonds is 5. The van der Waals surface area contributed by atoms with Crippen LogP contribution in [0.25, 0.3) is 0 Å². The van der Waals surface area contributed by atoms with E-state index in [1.54, 1.807) is 13.0 Å². The fraction of sp³-hybridized carbons (Fsp3) is 0.300. The molecule has 2 aromatic rings. The highest BCUT2D eigenvalue weighted by Gasteiger charge is 2.20. The maximum atomic E-state index is 12.3. The van der Waals surface area contributed by atoms with Crippen LogP contribution in [0, 0.1) is 13.8 Å². The van der Waals surface area contributed by atoms with Gasteiger partial charge in [-0.2, -0.15) is 0 Å². The molecular formula is C20H24ClN3O2. The molecule has 2 N–H and O–H groups in total. The third-order valence-corrected chi connectivity index (χ3v) is 4.46. The molecule has 0 fully saturated rings. The van der Waals surface area contributed by atoms with E-state index in [2.05, 4.69) is 10.6 Å². The quantitative estimate of drug-likeness (QED) is 0.828. The first-order valence-electron chi connectivity index (χ1n) is 8.40. The number of amides is 3. The Labute approximate surface area is 159 Å². The van der Waals surface area contributed by atoms with Crippen LogP contribution in [0.5, 0.6) is 0 Å². The van der Waals surface area contributed by atoms with Crippen molar-refractivity contribution in [2.24, 2.45) is 0 Å². The Balaban J connectivity index is 1.91. The fourth-order valence-corrected chi connectivity index (χ4v) is 2.80. The van der Waals surface area contributed by atoms with Gasteiger partial charge in [-0.3, -0.25) is 15.0 Å². The Kier molecular flexibility index (Phi) is 6.77. The standard InChI is InChI=1S/C20H24ClN3O2/c1-13-8-9-18(14(2)10-13)22-20(26)23-19(25)15(3)24(4)12-16-6-5-7-17(21)11-16/h5-11,15H,12H2,1-4H3,(H2,22,23,25,26). The maximum absolute atomic E-state index is 12.3. The third kappa shape index (κ3) is 5.58. The number of anilines is 1. The number of nitrogens with zero attached hydrogens (tertiary/aromatic N) is 1. The highest BCUT2D eigenvalue weighted by atomic mass is 35.5. The highest BCUT2D eigenvalue weighted by Crippen LogP contribution is 2.16. The Morgan fingerprint density at radius 1 is 1.15 bits per heavy atom. The zero-order chi connectivity index (χ0) is 19.3. The number of hydrogen-bond acceptors (Lipinski definition) is 3. The summed E-state index contributed by atoms with van der Waals surface area (Å²) in [6.45, 7) is 6.20. The van der Waals surface area contributed by atoms with Crippen molar-refractivity contribution >= 4 is 29.2 Å². The molecular weight excluding hydrogens is 350 g/mol. The smallest absolute Gasteiger partial charge is 0.307 e. The van der Waals surface area contributed by atoms with E-state index in [0.29, 0.717) is 17.3 Å². The van der Waals surface area contributed by atoms with Crippen LogP contribution in [-0.2, 0) is 11.3 Å². The van der Waals surface area contributed by atoms with Crippen LogP contribution in [-0.4, -0.2) is 29.9 Å². The van der Waals surface area contributed by atoms with Crippen molar-refractivity contribution in [3.63, 3.8) is 0 Å². The van der Waals surface area contributed by atoms with Gasteiger partial charge < -0.3 is 5.32 Å². The minimum absolute atomic E-state index is 0.364. The summed E-state index contributed by atoms with van der Waals surface area (Å²) >= 11 is 5.99. The van der Waals surface area contributed by atoms with Gasteiger partial charge in [0.15, 0.2) is 0 Å². The van der Waals surface area contributed by atoms with Gasteiger partial charge in [-0.15, -0.1) is 0 Å². The van der Waals surface area contributed by atoms with E-state index in [9.17, 15) is 9.59 Å². The number of carbonyl (C=O) groups excluding carboxylic acids is 2. The number of benzene rings is 2. The SMILES string of the molecule is Cc1ccc(NC(=O)NC(=O)C(C)N(C)Cc2cccc(Cl)c2)c(C)c1. The minimum Gasteiger partial charge on any atom is -0.307 e. The predicted octanol–water partition coefficient (Wildman–Crippen LogP) is 4.13. The van der Waals surface area contributed by atoms with Gasteiger partial charge in [0.05, 0.1) is 6.04 Å². The Morgan fingerprint density at radius 2 is 1.88 bits per heavy atom. The van der Waals surface area contributed by atoms with Gasteiger partial charge in [-0.1, -0.05) is 41.4 Å². The Hall–Kier alpha value is -2.37. The first-order chi connectivity index (χ1) is 12.3. The summed E-state index contributed by atoms with van der Waals surface area (Å²) in [7, 11) is 1.83. The van der Waals surface area contributed by atoms with Crippen molar-refractivity contribution in [2.45, 2.75) is 33.4 Å². The predicted molar refractivity (Wildman–Crippen MR) is 105 cm³/mol. The molecule has 5 nitrogen and oxygen atoms in total. The van der Waals surface area contributed by atoms with Gasteiger partial charge in [0.1, 0.15) is 0 Å². The van der Waals surface area contributed by atoms with E-state index in [1.807, 2.05) is 62.2 Å². The van der Waals surface area contributed by atoms with Crippen LogP contribution in [0.1, 0.15) is 23.6 Å². The molecule has 6 heteroatoms. The van der Waals surface area contributed by atoms with E-state index >= 15 is 0 Å². The number of halogens is 1. The van der Waals surface area contributed by atoms with E-state index in [-0.39, 0.29) is 5.91 Å². The topological polar surface area (TPSA) is 61.4 Å². The molecule has 1 unspecified atom stereocenters. The van der Waals surface area contributed by atoms with Crippen LogP contribution >= 0.6 is 11.6 Å². The zero-order valence-electron chi connectivity index (χ0n) is 15.5. The van der Waals surface area contributed by atoms with Crippen molar-refractivity contribution in [1.29, 1.82) is 0 Å². The Bertz CT molecular complexity index is 807. The summed E-state index contributed by atoms with van der Waals surface area (Å²) in [6.07, 6.45) is 0. The molecule has 0 aromatic heterocycles. The van der Waals surface area contributed by atoms with Crippen LogP contribution < -0.4 is 10.6 Å². The lowest BCUT2D eigenvalue weighted by Gasteiger charge is -2.23. The van der Waals surface area contributed by atoms with Gasteiger partial charge >= 0.3 is 6.03 Å². The molecule has 0 saturated carbocycles. The molecule has 1 atom stereocenters. The molecule has 138 valence electrons. The third-order valence-electron chi connectivity index (χ3n) is 4.23. The number of imide groups is 1. The van der Waals surface area contributed by atoms with E-state index in [1.165, 1.54) is 0 Å². The van der Waals surface area contributed by atoms with Gasteiger partial charge in [-0.05, 0) is 57.1 Å². The molecule has 0 saturated heterocycles. The zero-order valence-corrected chi connectivity index (χ0v) is 16.2. The molecule has 2 aromatic carbocycles. The van der Waals surface area contributed by atoms with Crippen molar-refractivity contribution in [1.82, 2.24) is 10.2 Å². The average molecular weight is 374 g/mol. The van der Waals surface area contributed by atoms with E-state index in [0.717, 1.165) is 16.7 Å². The first kappa shape index (κ1) is 19.9. The number of urea groups is 1. The molecule has 3 amide bonds. The van der Waals surface area contributed by atoms with Crippen LogP contribution in [0.15, 0.2) is 42.5 Å². The minimum atomic E-state index is -0.537. The van der Waals surface area contributed by atoms with Gasteiger partial charge in [-0.25, -0.2) is 4.79 Å². The fourth-order valence-electron chi connectivity index (χ4n) is 2.58. The summed E-state index contributed by atoms with van der Waals surface area (Å²) in [4.78, 5) is 26.3. The summed E-state index contributed by atoms with van der Waals surface area (Å²) in [5.74, 6) is -0.364. The molecule has 0 spiro atoms. The summed E-state index contributed by atoms with van der Waals surface area (Å²) in [5.41, 5.74) is 3.74. The number of hydrogen-bond donors (Lipinski definition) is 2. The summed E-state index contributed by atoms with van der Waals surface area (Å²) in [6, 6.07) is 12.2. The molecule has 0 bridgehead atoms. The summed E-state index contributed by atoms with van der Waals surface area (Å²) in [5, 5.41) is 5.76. The number of carbonyl (C=O) groups is 2. The Morgan fingerprint density at radius 3 is 2.54 bits per heavy atom. The van der Waals surface area contributed by atoms with Gasteiger partial charge in [0.25, 0.3) is 0 Å². The normalized spacial score (nSPS) is 11.9. The lowest BCUT2D eigenvalue weighted by atomic mass is 10.1. The molecule has 0 aliphatic rings. The monoisotopic (exact) mass is 373 g/mol. The van der Waals surface area contributed by atoms with Crippen molar-refractivity contribution in [3.8, 4) is 0 Å². The largest absolute Gasteiger partial charge is 0.325 e. The highest BCUT2D eigenvalue weighted by molar-refractivity contribution is 6.30. The molecule has 0 aliphatic carbocycles. The van der Waals surface area contributed by atoms with Crippen molar-refractivity contribution in [3.05, 3.63) is 64.2 Å². The second-order valence-corrected chi connectivity index (χ2v) is 6.92. The van der Waals surface area contributed by atoms with Gasteiger partial charge in [0.2, 0.25) is 5.91 Å². The lowest BCUT2D eigenvalue weighted by Crippen LogP contribution is -2.46. The van der Waals surface area contributed by atoms with Crippen LogP contribution in [0.3, 0.4) is 0 Å². The van der Waals surface area contributed by atoms with E-state index in [4.69, 9.17) is 11.6 Å². The summed E-state index contributed by atoms with van der Waals surface area (Å²) < 4.78 is 0. The van der Waals surface area contributed by atoms with Crippen molar-refractivity contribution in [2.75, 3.05) is 12.4 Å². The molecule has 0 aliphatic heterocycles. The average Bonchev–Trinajstić information content (AvgIpc) is 2.56. The lowest BCUT2D eigenvalue weighted by molar-refractivity contribution is -0.124. The molecule has 0 radical (unpaired) electrons. The number of aryl methyl sites for hydroxylation is 2. The second kappa shape index (κ2) is 8.83.